The molecule has 0 amide bonds. The average Bonchev–Trinajstić information content (AvgIpc) is 2.38. The second-order valence-electron chi connectivity index (χ2n) is 4.48. The van der Waals surface area contributed by atoms with Gasteiger partial charge in [0.15, 0.2) is 0 Å². The summed E-state index contributed by atoms with van der Waals surface area (Å²) in [5.41, 5.74) is 0. The molecule has 0 saturated heterocycles. The molecule has 1 unspecified atom stereocenters. The Balaban J connectivity index is 2.82. The summed E-state index contributed by atoms with van der Waals surface area (Å²) in [6, 6.07) is 2.50. The molecule has 0 aromatic carbocycles. The molecule has 1 rings (SSSR count). The van der Waals surface area contributed by atoms with Crippen LogP contribution in [0.15, 0.2) is 6.07 Å². The van der Waals surface area contributed by atoms with Crippen LogP contribution in [-0.4, -0.2) is 22.6 Å². The minimum Gasteiger partial charge on any atom is -0.370 e. The Morgan fingerprint density at radius 3 is 2.39 bits per heavy atom. The van der Waals surface area contributed by atoms with Gasteiger partial charge in [-0.05, 0) is 19.8 Å². The van der Waals surface area contributed by atoms with E-state index in [4.69, 9.17) is 0 Å². The molecule has 0 fully saturated rings. The molecule has 102 valence electrons. The van der Waals surface area contributed by atoms with Gasteiger partial charge in [0.1, 0.15) is 17.5 Å². The van der Waals surface area contributed by atoms with Gasteiger partial charge in [0, 0.05) is 25.1 Å². The lowest BCUT2D eigenvalue weighted by Crippen LogP contribution is -2.19. The molecule has 1 atom stereocenters. The predicted octanol–water partition coefficient (Wildman–Crippen LogP) is 3.46. The van der Waals surface area contributed by atoms with Crippen molar-refractivity contribution in [3.8, 4) is 0 Å². The monoisotopic (exact) mass is 250 g/mol. The van der Waals surface area contributed by atoms with Crippen LogP contribution in [0.5, 0.6) is 0 Å². The van der Waals surface area contributed by atoms with E-state index in [1.807, 2.05) is 6.07 Å². The van der Waals surface area contributed by atoms with E-state index < -0.39 is 0 Å². The molecule has 1 aromatic heterocycles. The van der Waals surface area contributed by atoms with Gasteiger partial charge in [-0.15, -0.1) is 0 Å². The van der Waals surface area contributed by atoms with E-state index in [1.54, 1.807) is 0 Å². The standard InChI is InChI=1S/C14H26N4/c1-5-9-11(6-2)16-14-10-13(15-8-4)17-12(7-3)18-14/h10-11H,5-9H2,1-4H3,(H2,15,16,17,18). The third kappa shape index (κ3) is 4.51. The Labute approximate surface area is 111 Å². The summed E-state index contributed by atoms with van der Waals surface area (Å²) in [6.07, 6.45) is 4.35. The Bertz CT molecular complexity index is 352. The molecule has 1 aromatic rings. The minimum atomic E-state index is 0.504. The Morgan fingerprint density at radius 2 is 1.83 bits per heavy atom. The van der Waals surface area contributed by atoms with Crippen LogP contribution < -0.4 is 10.6 Å². The molecular weight excluding hydrogens is 224 g/mol. The van der Waals surface area contributed by atoms with E-state index in [2.05, 4.69) is 48.3 Å². The lowest BCUT2D eigenvalue weighted by molar-refractivity contribution is 0.619. The van der Waals surface area contributed by atoms with E-state index in [-0.39, 0.29) is 0 Å². The van der Waals surface area contributed by atoms with Gasteiger partial charge >= 0.3 is 0 Å². The van der Waals surface area contributed by atoms with Crippen LogP contribution in [0.1, 0.15) is 52.8 Å². The second kappa shape index (κ2) is 7.90. The molecule has 4 heteroatoms. The maximum Gasteiger partial charge on any atom is 0.132 e. The van der Waals surface area contributed by atoms with Crippen molar-refractivity contribution in [3.63, 3.8) is 0 Å². The van der Waals surface area contributed by atoms with Gasteiger partial charge in [0.25, 0.3) is 0 Å². The third-order valence-corrected chi connectivity index (χ3v) is 2.93. The first-order valence-electron chi connectivity index (χ1n) is 7.11. The molecule has 0 bridgehead atoms. The van der Waals surface area contributed by atoms with Gasteiger partial charge in [-0.2, -0.15) is 0 Å². The quantitative estimate of drug-likeness (QED) is 0.742. The molecule has 0 saturated carbocycles. The number of nitrogens with zero attached hydrogens (tertiary/aromatic N) is 2. The largest absolute Gasteiger partial charge is 0.370 e. The molecule has 4 nitrogen and oxygen atoms in total. The highest BCUT2D eigenvalue weighted by Gasteiger charge is 2.08. The van der Waals surface area contributed by atoms with E-state index in [0.29, 0.717) is 6.04 Å². The summed E-state index contributed by atoms with van der Waals surface area (Å²) in [6.45, 7) is 9.46. The van der Waals surface area contributed by atoms with Gasteiger partial charge < -0.3 is 10.6 Å². The van der Waals surface area contributed by atoms with E-state index in [0.717, 1.165) is 36.8 Å². The lowest BCUT2D eigenvalue weighted by atomic mass is 10.1. The Hall–Kier alpha value is -1.32. The Morgan fingerprint density at radius 1 is 1.11 bits per heavy atom. The van der Waals surface area contributed by atoms with Crippen LogP contribution in [-0.2, 0) is 6.42 Å². The van der Waals surface area contributed by atoms with Crippen molar-refractivity contribution in [2.75, 3.05) is 17.2 Å². The van der Waals surface area contributed by atoms with Crippen LogP contribution in [0.4, 0.5) is 11.6 Å². The van der Waals surface area contributed by atoms with Crippen molar-refractivity contribution in [2.45, 2.75) is 59.4 Å². The fourth-order valence-corrected chi connectivity index (χ4v) is 1.94. The number of hydrogen-bond acceptors (Lipinski definition) is 4. The highest BCUT2D eigenvalue weighted by atomic mass is 15.1. The van der Waals surface area contributed by atoms with Gasteiger partial charge in [-0.25, -0.2) is 9.97 Å². The van der Waals surface area contributed by atoms with Crippen molar-refractivity contribution in [3.05, 3.63) is 11.9 Å². The second-order valence-corrected chi connectivity index (χ2v) is 4.48. The summed E-state index contributed by atoms with van der Waals surface area (Å²) in [5, 5.41) is 6.77. The summed E-state index contributed by atoms with van der Waals surface area (Å²) in [7, 11) is 0. The van der Waals surface area contributed by atoms with Gasteiger partial charge in [0.05, 0.1) is 0 Å². The van der Waals surface area contributed by atoms with Crippen LogP contribution in [0.2, 0.25) is 0 Å². The molecule has 2 N–H and O–H groups in total. The zero-order valence-electron chi connectivity index (χ0n) is 12.1. The maximum atomic E-state index is 4.54. The van der Waals surface area contributed by atoms with Crippen LogP contribution >= 0.6 is 0 Å². The van der Waals surface area contributed by atoms with Gasteiger partial charge in [-0.3, -0.25) is 0 Å². The van der Waals surface area contributed by atoms with Crippen LogP contribution in [0.25, 0.3) is 0 Å². The molecule has 0 aliphatic rings. The summed E-state index contributed by atoms with van der Waals surface area (Å²) in [5.74, 6) is 2.75. The molecule has 0 aliphatic heterocycles. The van der Waals surface area contributed by atoms with E-state index in [9.17, 15) is 0 Å². The van der Waals surface area contributed by atoms with Gasteiger partial charge in [-0.1, -0.05) is 27.2 Å². The van der Waals surface area contributed by atoms with E-state index >= 15 is 0 Å². The number of aromatic nitrogens is 2. The zero-order chi connectivity index (χ0) is 13.4. The van der Waals surface area contributed by atoms with Gasteiger partial charge in [0.2, 0.25) is 0 Å². The smallest absolute Gasteiger partial charge is 0.132 e. The average molecular weight is 250 g/mol. The number of hydrogen-bond donors (Lipinski definition) is 2. The van der Waals surface area contributed by atoms with E-state index in [1.165, 1.54) is 12.8 Å². The summed E-state index contributed by atoms with van der Waals surface area (Å²) >= 11 is 0. The topological polar surface area (TPSA) is 49.8 Å². The maximum absolute atomic E-state index is 4.54. The van der Waals surface area contributed by atoms with Crippen molar-refractivity contribution in [1.82, 2.24) is 9.97 Å². The molecule has 1 heterocycles. The fourth-order valence-electron chi connectivity index (χ4n) is 1.94. The summed E-state index contributed by atoms with van der Waals surface area (Å²) in [4.78, 5) is 9.00. The molecular formula is C14H26N4. The number of aryl methyl sites for hydroxylation is 1. The molecule has 18 heavy (non-hydrogen) atoms. The SMILES string of the molecule is CCCC(CC)Nc1cc(NCC)nc(CC)n1. The first-order valence-corrected chi connectivity index (χ1v) is 7.11. The Kier molecular flexibility index (Phi) is 6.47. The molecule has 0 radical (unpaired) electrons. The highest BCUT2D eigenvalue weighted by molar-refractivity contribution is 5.48. The predicted molar refractivity (Wildman–Crippen MR) is 78.2 cm³/mol. The molecule has 0 aliphatic carbocycles. The number of nitrogens with one attached hydrogen (secondary N) is 2. The fraction of sp³-hybridized carbons (Fsp3) is 0.714. The number of anilines is 2. The zero-order valence-corrected chi connectivity index (χ0v) is 12.1. The third-order valence-electron chi connectivity index (χ3n) is 2.93. The lowest BCUT2D eigenvalue weighted by Gasteiger charge is -2.17. The van der Waals surface area contributed by atoms with Crippen molar-refractivity contribution >= 4 is 11.6 Å². The normalized spacial score (nSPS) is 12.2. The number of rotatable bonds is 8. The van der Waals surface area contributed by atoms with Crippen molar-refractivity contribution < 1.29 is 0 Å². The molecule has 0 spiro atoms. The first-order chi connectivity index (χ1) is 8.73. The van der Waals surface area contributed by atoms with Crippen LogP contribution in [0.3, 0.4) is 0 Å². The summed E-state index contributed by atoms with van der Waals surface area (Å²) < 4.78 is 0. The highest BCUT2D eigenvalue weighted by Crippen LogP contribution is 2.15. The van der Waals surface area contributed by atoms with Crippen molar-refractivity contribution in [2.24, 2.45) is 0 Å². The van der Waals surface area contributed by atoms with Crippen molar-refractivity contribution in [1.29, 1.82) is 0 Å². The van der Waals surface area contributed by atoms with Crippen LogP contribution in [0, 0.1) is 0 Å². The first kappa shape index (κ1) is 14.7. The minimum absolute atomic E-state index is 0.504.